The van der Waals surface area contributed by atoms with Gasteiger partial charge in [0.25, 0.3) is 0 Å². The summed E-state index contributed by atoms with van der Waals surface area (Å²) in [5.41, 5.74) is 1.16. The third-order valence-electron chi connectivity index (χ3n) is 2.09. The predicted molar refractivity (Wildman–Crippen MR) is 61.0 cm³/mol. The van der Waals surface area contributed by atoms with Crippen LogP contribution in [0.25, 0.3) is 0 Å². The van der Waals surface area contributed by atoms with Crippen molar-refractivity contribution in [2.45, 2.75) is 26.1 Å². The Bertz CT molecular complexity index is 266. The van der Waals surface area contributed by atoms with Crippen molar-refractivity contribution in [1.82, 2.24) is 0 Å². The highest BCUT2D eigenvalue weighted by Crippen LogP contribution is 2.29. The summed E-state index contributed by atoms with van der Waals surface area (Å²) in [5, 5.41) is 0.0886. The van der Waals surface area contributed by atoms with E-state index in [-0.39, 0.29) is 5.38 Å². The highest BCUT2D eigenvalue weighted by Gasteiger charge is 2.11. The first-order chi connectivity index (χ1) is 6.65. The summed E-state index contributed by atoms with van der Waals surface area (Å²) in [4.78, 5) is 0. The quantitative estimate of drug-likeness (QED) is 0.685. The molecule has 0 saturated carbocycles. The van der Waals surface area contributed by atoms with E-state index >= 15 is 0 Å². The van der Waals surface area contributed by atoms with Crippen LogP contribution in [0.2, 0.25) is 0 Å². The molecule has 0 radical (unpaired) electrons. The van der Waals surface area contributed by atoms with E-state index in [1.54, 1.807) is 0 Å². The van der Waals surface area contributed by atoms with Gasteiger partial charge in [0.05, 0.1) is 12.0 Å². The maximum absolute atomic E-state index is 6.23. The summed E-state index contributed by atoms with van der Waals surface area (Å²) < 4.78 is 5.36. The van der Waals surface area contributed by atoms with Crippen LogP contribution in [0.4, 0.5) is 0 Å². The smallest absolute Gasteiger partial charge is 0.119 e. The van der Waals surface area contributed by atoms with E-state index in [9.17, 15) is 0 Å². The molecule has 0 saturated heterocycles. The molecule has 1 aromatic carbocycles. The van der Waals surface area contributed by atoms with Gasteiger partial charge in [0.1, 0.15) is 5.75 Å². The molecule has 0 aliphatic rings. The van der Waals surface area contributed by atoms with Gasteiger partial charge in [-0.05, 0) is 30.5 Å². The molecular weight excluding hydrogens is 196 g/mol. The third kappa shape index (κ3) is 2.91. The summed E-state index contributed by atoms with van der Waals surface area (Å²) in [6.45, 7) is 6.92. The SMILES string of the molecule is CCOc1ccc(C(Cl)C(C)C)cc1. The highest BCUT2D eigenvalue weighted by atomic mass is 35.5. The summed E-state index contributed by atoms with van der Waals surface area (Å²) in [7, 11) is 0. The van der Waals surface area contributed by atoms with E-state index in [1.807, 2.05) is 31.2 Å². The lowest BCUT2D eigenvalue weighted by molar-refractivity contribution is 0.340. The van der Waals surface area contributed by atoms with Gasteiger partial charge in [0.15, 0.2) is 0 Å². The van der Waals surface area contributed by atoms with Gasteiger partial charge in [0, 0.05) is 0 Å². The van der Waals surface area contributed by atoms with Crippen molar-refractivity contribution in [2.24, 2.45) is 5.92 Å². The van der Waals surface area contributed by atoms with Gasteiger partial charge < -0.3 is 4.74 Å². The molecule has 1 nitrogen and oxygen atoms in total. The third-order valence-corrected chi connectivity index (χ3v) is 2.85. The molecule has 0 N–H and O–H groups in total. The standard InChI is InChI=1S/C12H17ClO/c1-4-14-11-7-5-10(6-8-11)12(13)9(2)3/h5-9,12H,4H2,1-3H3. The first kappa shape index (κ1) is 11.4. The van der Waals surface area contributed by atoms with E-state index in [4.69, 9.17) is 16.3 Å². The zero-order chi connectivity index (χ0) is 10.6. The summed E-state index contributed by atoms with van der Waals surface area (Å²) in [6, 6.07) is 8.00. The Morgan fingerprint density at radius 3 is 2.21 bits per heavy atom. The van der Waals surface area contributed by atoms with Crippen LogP contribution < -0.4 is 4.74 Å². The first-order valence-electron chi connectivity index (χ1n) is 5.02. The molecule has 2 heteroatoms. The molecule has 0 aromatic heterocycles. The van der Waals surface area contributed by atoms with Crippen molar-refractivity contribution in [3.63, 3.8) is 0 Å². The van der Waals surface area contributed by atoms with Gasteiger partial charge in [-0.25, -0.2) is 0 Å². The lowest BCUT2D eigenvalue weighted by atomic mass is 10.0. The Morgan fingerprint density at radius 1 is 1.21 bits per heavy atom. The van der Waals surface area contributed by atoms with Gasteiger partial charge in [0.2, 0.25) is 0 Å². The molecule has 0 amide bonds. The van der Waals surface area contributed by atoms with Gasteiger partial charge >= 0.3 is 0 Å². The van der Waals surface area contributed by atoms with Crippen molar-refractivity contribution in [1.29, 1.82) is 0 Å². The van der Waals surface area contributed by atoms with Crippen molar-refractivity contribution in [3.05, 3.63) is 29.8 Å². The molecule has 78 valence electrons. The number of hydrogen-bond donors (Lipinski definition) is 0. The zero-order valence-corrected chi connectivity index (χ0v) is 9.71. The van der Waals surface area contributed by atoms with Crippen LogP contribution in [0.3, 0.4) is 0 Å². The summed E-state index contributed by atoms with van der Waals surface area (Å²) in [5.74, 6) is 1.36. The molecule has 0 spiro atoms. The zero-order valence-electron chi connectivity index (χ0n) is 8.96. The van der Waals surface area contributed by atoms with Crippen LogP contribution in [0, 0.1) is 5.92 Å². The molecule has 0 aliphatic heterocycles. The van der Waals surface area contributed by atoms with Gasteiger partial charge in [-0.2, -0.15) is 0 Å². The van der Waals surface area contributed by atoms with Crippen molar-refractivity contribution in [2.75, 3.05) is 6.61 Å². The molecule has 14 heavy (non-hydrogen) atoms. The summed E-state index contributed by atoms with van der Waals surface area (Å²) in [6.07, 6.45) is 0. The minimum absolute atomic E-state index is 0.0886. The van der Waals surface area contributed by atoms with Crippen LogP contribution in [0.1, 0.15) is 31.7 Å². The van der Waals surface area contributed by atoms with E-state index in [2.05, 4.69) is 13.8 Å². The van der Waals surface area contributed by atoms with Crippen LogP contribution in [0.15, 0.2) is 24.3 Å². The molecule has 0 bridgehead atoms. The first-order valence-corrected chi connectivity index (χ1v) is 5.45. The largest absolute Gasteiger partial charge is 0.494 e. The fraction of sp³-hybridized carbons (Fsp3) is 0.500. The van der Waals surface area contributed by atoms with Gasteiger partial charge in [-0.15, -0.1) is 11.6 Å². The Morgan fingerprint density at radius 2 is 1.79 bits per heavy atom. The Balaban J connectivity index is 2.72. The van der Waals surface area contributed by atoms with Crippen LogP contribution in [-0.2, 0) is 0 Å². The minimum Gasteiger partial charge on any atom is -0.494 e. The molecule has 1 aromatic rings. The average molecular weight is 213 g/mol. The number of benzene rings is 1. The van der Waals surface area contributed by atoms with Gasteiger partial charge in [-0.3, -0.25) is 0 Å². The monoisotopic (exact) mass is 212 g/mol. The number of hydrogen-bond acceptors (Lipinski definition) is 1. The second-order valence-corrected chi connectivity index (χ2v) is 4.12. The normalized spacial score (nSPS) is 12.9. The second kappa shape index (κ2) is 5.26. The molecule has 0 heterocycles. The Hall–Kier alpha value is -0.690. The molecule has 0 fully saturated rings. The molecule has 1 rings (SSSR count). The number of alkyl halides is 1. The Labute approximate surface area is 91.0 Å². The number of rotatable bonds is 4. The van der Waals surface area contributed by atoms with E-state index in [1.165, 1.54) is 0 Å². The molecule has 1 atom stereocenters. The molecule has 1 unspecified atom stereocenters. The maximum atomic E-state index is 6.23. The number of ether oxygens (including phenoxy) is 1. The Kier molecular flexibility index (Phi) is 4.27. The van der Waals surface area contributed by atoms with Crippen molar-refractivity contribution >= 4 is 11.6 Å². The van der Waals surface area contributed by atoms with Gasteiger partial charge in [-0.1, -0.05) is 26.0 Å². The lowest BCUT2D eigenvalue weighted by Crippen LogP contribution is -1.99. The van der Waals surface area contributed by atoms with Crippen molar-refractivity contribution in [3.8, 4) is 5.75 Å². The average Bonchev–Trinajstić information content (AvgIpc) is 2.18. The lowest BCUT2D eigenvalue weighted by Gasteiger charge is -2.14. The predicted octanol–water partition coefficient (Wildman–Crippen LogP) is 4.02. The van der Waals surface area contributed by atoms with E-state index in [0.29, 0.717) is 12.5 Å². The fourth-order valence-electron chi connectivity index (χ4n) is 1.30. The topological polar surface area (TPSA) is 9.23 Å². The summed E-state index contributed by atoms with van der Waals surface area (Å²) >= 11 is 6.23. The van der Waals surface area contributed by atoms with Crippen molar-refractivity contribution < 1.29 is 4.74 Å². The number of halogens is 1. The van der Waals surface area contributed by atoms with Crippen LogP contribution >= 0.6 is 11.6 Å². The van der Waals surface area contributed by atoms with Crippen LogP contribution in [0.5, 0.6) is 5.75 Å². The fourth-order valence-corrected chi connectivity index (χ4v) is 1.44. The van der Waals surface area contributed by atoms with E-state index < -0.39 is 0 Å². The highest BCUT2D eigenvalue weighted by molar-refractivity contribution is 6.20. The second-order valence-electron chi connectivity index (χ2n) is 3.65. The minimum atomic E-state index is 0.0886. The molecule has 0 aliphatic carbocycles. The maximum Gasteiger partial charge on any atom is 0.119 e. The molecular formula is C12H17ClO. The van der Waals surface area contributed by atoms with Crippen LogP contribution in [-0.4, -0.2) is 6.61 Å². The van der Waals surface area contributed by atoms with E-state index in [0.717, 1.165) is 11.3 Å².